The molecule has 0 aliphatic carbocycles. The van der Waals surface area contributed by atoms with Gasteiger partial charge in [0.15, 0.2) is 0 Å². The fourth-order valence-electron chi connectivity index (χ4n) is 2.86. The quantitative estimate of drug-likeness (QED) is 0.503. The molecule has 0 spiro atoms. The molecule has 1 aromatic carbocycles. The van der Waals surface area contributed by atoms with Crippen molar-refractivity contribution in [1.82, 2.24) is 15.6 Å². The summed E-state index contributed by atoms with van der Waals surface area (Å²) >= 11 is 1.60. The maximum absolute atomic E-state index is 12.2. The number of benzene rings is 1. The molecule has 1 aromatic heterocycles. The smallest absolute Gasteiger partial charge is 0.407 e. The Kier molecular flexibility index (Phi) is 10.0. The first-order chi connectivity index (χ1) is 14.9. The summed E-state index contributed by atoms with van der Waals surface area (Å²) in [4.78, 5) is 28.2. The maximum atomic E-state index is 12.2. The van der Waals surface area contributed by atoms with E-state index in [1.54, 1.807) is 24.3 Å². The monoisotopic (exact) mass is 445 g/mol. The molecule has 0 aliphatic heterocycles. The van der Waals surface area contributed by atoms with E-state index in [-0.39, 0.29) is 11.9 Å². The van der Waals surface area contributed by atoms with Crippen LogP contribution in [-0.4, -0.2) is 36.2 Å². The lowest BCUT2D eigenvalue weighted by molar-refractivity contribution is -0.116. The molecular formula is C23H31N3O4S. The predicted molar refractivity (Wildman–Crippen MR) is 123 cm³/mol. The van der Waals surface area contributed by atoms with E-state index in [0.717, 1.165) is 28.4 Å². The number of aryl methyl sites for hydroxylation is 1. The summed E-state index contributed by atoms with van der Waals surface area (Å²) < 4.78 is 10.7. The lowest BCUT2D eigenvalue weighted by Gasteiger charge is -2.20. The molecule has 2 N–H and O–H groups in total. The summed E-state index contributed by atoms with van der Waals surface area (Å²) in [5.74, 6) is 0.895. The van der Waals surface area contributed by atoms with Gasteiger partial charge in [0.25, 0.3) is 0 Å². The lowest BCUT2D eigenvalue weighted by atomic mass is 10.0. The molecule has 1 unspecified atom stereocenters. The Morgan fingerprint density at radius 1 is 1.23 bits per heavy atom. The van der Waals surface area contributed by atoms with Crippen LogP contribution >= 0.6 is 11.3 Å². The number of amides is 2. The molecule has 0 saturated heterocycles. The van der Waals surface area contributed by atoms with Gasteiger partial charge in [-0.05, 0) is 50.0 Å². The number of carbonyl (C=O) groups excluding carboxylic acids is 2. The first-order valence-corrected chi connectivity index (χ1v) is 11.3. The number of ether oxygens (including phenoxy) is 2. The van der Waals surface area contributed by atoms with E-state index < -0.39 is 6.09 Å². The van der Waals surface area contributed by atoms with Crippen molar-refractivity contribution < 1.29 is 19.1 Å². The zero-order valence-corrected chi connectivity index (χ0v) is 19.3. The van der Waals surface area contributed by atoms with Crippen molar-refractivity contribution in [1.29, 1.82) is 0 Å². The van der Waals surface area contributed by atoms with E-state index in [4.69, 9.17) is 9.47 Å². The highest BCUT2D eigenvalue weighted by molar-refractivity contribution is 7.09. The second-order valence-corrected chi connectivity index (χ2v) is 8.55. The molecule has 168 valence electrons. The minimum absolute atomic E-state index is 0.186. The van der Waals surface area contributed by atoms with Gasteiger partial charge in [-0.2, -0.15) is 0 Å². The minimum Gasteiger partial charge on any atom is -0.487 e. The zero-order chi connectivity index (χ0) is 22.6. The predicted octanol–water partition coefficient (Wildman–Crippen LogP) is 4.32. The lowest BCUT2D eigenvalue weighted by Crippen LogP contribution is -2.44. The molecule has 2 aromatic rings. The largest absolute Gasteiger partial charge is 0.487 e. The topological polar surface area (TPSA) is 89.6 Å². The highest BCUT2D eigenvalue weighted by Crippen LogP contribution is 2.16. The van der Waals surface area contributed by atoms with E-state index in [1.807, 2.05) is 36.6 Å². The van der Waals surface area contributed by atoms with Gasteiger partial charge in [0.1, 0.15) is 12.4 Å². The number of nitrogens with zero attached hydrogens (tertiary/aromatic N) is 1. The highest BCUT2D eigenvalue weighted by atomic mass is 32.1. The SMILES string of the molecule is CCOC(=O)NC(CNC(=O)/C=C/c1ccc(OCc2csc(C)n2)cc1)CC(C)C. The van der Waals surface area contributed by atoms with Crippen molar-refractivity contribution in [3.8, 4) is 5.75 Å². The van der Waals surface area contributed by atoms with Crippen LogP contribution in [0, 0.1) is 12.8 Å². The molecule has 8 heteroatoms. The summed E-state index contributed by atoms with van der Waals surface area (Å²) in [7, 11) is 0. The van der Waals surface area contributed by atoms with Gasteiger partial charge in [0, 0.05) is 24.0 Å². The molecule has 0 bridgehead atoms. The van der Waals surface area contributed by atoms with Crippen molar-refractivity contribution in [3.05, 3.63) is 52.0 Å². The third-order valence-corrected chi connectivity index (χ3v) is 5.06. The number of alkyl carbamates (subject to hydrolysis) is 1. The number of nitrogens with one attached hydrogen (secondary N) is 2. The number of hydrogen-bond acceptors (Lipinski definition) is 6. The molecule has 2 amide bonds. The summed E-state index contributed by atoms with van der Waals surface area (Å²) in [6.45, 7) is 8.92. The van der Waals surface area contributed by atoms with Crippen LogP contribution in [0.5, 0.6) is 5.75 Å². The van der Waals surface area contributed by atoms with Crippen LogP contribution in [-0.2, 0) is 16.1 Å². The Bertz CT molecular complexity index is 862. The molecule has 0 aliphatic rings. The fourth-order valence-corrected chi connectivity index (χ4v) is 3.46. The van der Waals surface area contributed by atoms with Crippen LogP contribution in [0.25, 0.3) is 6.08 Å². The molecule has 7 nitrogen and oxygen atoms in total. The molecule has 0 saturated carbocycles. The Labute approximate surface area is 187 Å². The van der Waals surface area contributed by atoms with Crippen molar-refractivity contribution >= 4 is 29.4 Å². The van der Waals surface area contributed by atoms with E-state index in [9.17, 15) is 9.59 Å². The number of rotatable bonds is 11. The molecule has 0 radical (unpaired) electrons. The van der Waals surface area contributed by atoms with Crippen LogP contribution in [0.15, 0.2) is 35.7 Å². The first-order valence-electron chi connectivity index (χ1n) is 10.4. The van der Waals surface area contributed by atoms with Crippen LogP contribution < -0.4 is 15.4 Å². The molecule has 2 rings (SSSR count). The van der Waals surface area contributed by atoms with Gasteiger partial charge in [-0.15, -0.1) is 11.3 Å². The Hall–Kier alpha value is -2.87. The van der Waals surface area contributed by atoms with E-state index in [0.29, 0.717) is 25.7 Å². The van der Waals surface area contributed by atoms with Crippen molar-refractivity contribution in [3.63, 3.8) is 0 Å². The highest BCUT2D eigenvalue weighted by Gasteiger charge is 2.15. The third kappa shape index (κ3) is 9.65. The number of carbonyl (C=O) groups is 2. The summed E-state index contributed by atoms with van der Waals surface area (Å²) in [6, 6.07) is 7.30. The van der Waals surface area contributed by atoms with Crippen LogP contribution in [0.4, 0.5) is 4.79 Å². The maximum Gasteiger partial charge on any atom is 0.407 e. The van der Waals surface area contributed by atoms with Gasteiger partial charge in [0.2, 0.25) is 5.91 Å². The number of aromatic nitrogens is 1. The van der Waals surface area contributed by atoms with Gasteiger partial charge in [0.05, 0.1) is 17.3 Å². The van der Waals surface area contributed by atoms with Crippen LogP contribution in [0.3, 0.4) is 0 Å². The van der Waals surface area contributed by atoms with E-state index >= 15 is 0 Å². The van der Waals surface area contributed by atoms with Gasteiger partial charge in [-0.1, -0.05) is 26.0 Å². The Morgan fingerprint density at radius 2 is 1.97 bits per heavy atom. The number of thiazole rings is 1. The van der Waals surface area contributed by atoms with Gasteiger partial charge >= 0.3 is 6.09 Å². The van der Waals surface area contributed by atoms with Crippen LogP contribution in [0.2, 0.25) is 0 Å². The summed E-state index contributed by atoms with van der Waals surface area (Å²) in [5.41, 5.74) is 1.80. The first kappa shape index (κ1) is 24.4. The van der Waals surface area contributed by atoms with Gasteiger partial charge in [-0.25, -0.2) is 9.78 Å². The average molecular weight is 446 g/mol. The fraction of sp³-hybridized carbons (Fsp3) is 0.435. The molecule has 31 heavy (non-hydrogen) atoms. The Balaban J connectivity index is 1.80. The van der Waals surface area contributed by atoms with Gasteiger partial charge < -0.3 is 20.1 Å². The second-order valence-electron chi connectivity index (χ2n) is 7.49. The molecule has 1 heterocycles. The average Bonchev–Trinajstić information content (AvgIpc) is 3.14. The second kappa shape index (κ2) is 12.7. The van der Waals surface area contributed by atoms with Gasteiger partial charge in [-0.3, -0.25) is 4.79 Å². The zero-order valence-electron chi connectivity index (χ0n) is 18.5. The standard InChI is InChI=1S/C23H31N3O4S/c1-5-29-23(28)26-19(12-16(2)3)13-24-22(27)11-8-18-6-9-21(10-7-18)30-14-20-15-31-17(4)25-20/h6-11,15-16,19H,5,12-14H2,1-4H3,(H,24,27)(H,26,28)/b11-8+. The van der Waals surface area contributed by atoms with E-state index in [1.165, 1.54) is 6.08 Å². The Morgan fingerprint density at radius 3 is 2.58 bits per heavy atom. The summed E-state index contributed by atoms with van der Waals surface area (Å²) in [6.07, 6.45) is 3.49. The molecule has 0 fully saturated rings. The molecule has 1 atom stereocenters. The van der Waals surface area contributed by atoms with Crippen molar-refractivity contribution in [2.75, 3.05) is 13.2 Å². The van der Waals surface area contributed by atoms with E-state index in [2.05, 4.69) is 29.5 Å². The van der Waals surface area contributed by atoms with Crippen molar-refractivity contribution in [2.24, 2.45) is 5.92 Å². The summed E-state index contributed by atoms with van der Waals surface area (Å²) in [5, 5.41) is 8.63. The number of hydrogen-bond donors (Lipinski definition) is 2. The minimum atomic E-state index is -0.467. The van der Waals surface area contributed by atoms with Crippen LogP contribution in [0.1, 0.15) is 43.5 Å². The molecular weight excluding hydrogens is 414 g/mol. The van der Waals surface area contributed by atoms with Crippen molar-refractivity contribution in [2.45, 2.75) is 46.8 Å². The third-order valence-electron chi connectivity index (χ3n) is 4.24. The normalized spacial score (nSPS) is 12.0.